The van der Waals surface area contributed by atoms with Crippen molar-refractivity contribution in [1.29, 1.82) is 0 Å². The molecule has 0 fully saturated rings. The van der Waals surface area contributed by atoms with Crippen molar-refractivity contribution < 1.29 is 0 Å². The highest BCUT2D eigenvalue weighted by atomic mass is 15.0. The molecule has 246 valence electrons. The summed E-state index contributed by atoms with van der Waals surface area (Å²) in [5.41, 5.74) is 10.4. The Kier molecular flexibility index (Phi) is 8.11. The fourth-order valence-electron chi connectivity index (χ4n) is 6.98. The highest BCUT2D eigenvalue weighted by Crippen LogP contribution is 2.39. The average molecular weight is 667 g/mol. The standard InChI is InChI=1S/C48H34N4/c1-2-40-19-13-23-45(49-40)33-26-24-32(25-27-33)37-28-38(44-31-36-18-9-10-20-41(36)42-21-11-12-22-43(42)44)30-39(29-37)48-51-46(34-14-5-3-6-15-34)50-47(52-48)35-16-7-4-8-17-35/h3-31H,2H2,1H3. The SMILES string of the molecule is CCc1cccc(-c2ccc(-c3cc(-c4nc(-c5ccccc5)nc(-c5ccccc5)n4)cc(-c4cc5ccccc5c5ccccc45)c3)cc2)n1. The first-order valence-electron chi connectivity index (χ1n) is 17.7. The van der Waals surface area contributed by atoms with Crippen molar-refractivity contribution in [1.82, 2.24) is 19.9 Å². The molecule has 0 aliphatic rings. The normalized spacial score (nSPS) is 11.2. The molecular weight excluding hydrogens is 633 g/mol. The maximum atomic E-state index is 5.12. The van der Waals surface area contributed by atoms with Gasteiger partial charge in [0.25, 0.3) is 0 Å². The van der Waals surface area contributed by atoms with E-state index in [1.54, 1.807) is 0 Å². The first kappa shape index (κ1) is 31.2. The molecule has 0 N–H and O–H groups in total. The van der Waals surface area contributed by atoms with Crippen LogP contribution in [0.25, 0.3) is 89.2 Å². The van der Waals surface area contributed by atoms with Gasteiger partial charge in [0.2, 0.25) is 0 Å². The van der Waals surface area contributed by atoms with Crippen LogP contribution in [0.15, 0.2) is 176 Å². The van der Waals surface area contributed by atoms with Crippen molar-refractivity contribution >= 4 is 21.5 Å². The quantitative estimate of drug-likeness (QED) is 0.159. The zero-order valence-corrected chi connectivity index (χ0v) is 28.7. The van der Waals surface area contributed by atoms with Crippen LogP contribution in [-0.2, 0) is 6.42 Å². The predicted octanol–water partition coefficient (Wildman–Crippen LogP) is 12.1. The minimum absolute atomic E-state index is 0.623. The van der Waals surface area contributed by atoms with Crippen LogP contribution in [0.5, 0.6) is 0 Å². The zero-order chi connectivity index (χ0) is 34.9. The zero-order valence-electron chi connectivity index (χ0n) is 28.7. The Balaban J connectivity index is 1.27. The third-order valence-corrected chi connectivity index (χ3v) is 9.65. The van der Waals surface area contributed by atoms with Gasteiger partial charge in [0.05, 0.1) is 5.69 Å². The van der Waals surface area contributed by atoms with Crippen molar-refractivity contribution in [2.45, 2.75) is 13.3 Å². The molecule has 0 unspecified atom stereocenters. The molecule has 9 aromatic rings. The summed E-state index contributed by atoms with van der Waals surface area (Å²) in [4.78, 5) is 20.1. The average Bonchev–Trinajstić information content (AvgIpc) is 3.23. The summed E-state index contributed by atoms with van der Waals surface area (Å²) in [6.07, 6.45) is 0.903. The van der Waals surface area contributed by atoms with E-state index in [9.17, 15) is 0 Å². The van der Waals surface area contributed by atoms with Gasteiger partial charge < -0.3 is 0 Å². The van der Waals surface area contributed by atoms with Crippen LogP contribution in [0.1, 0.15) is 12.6 Å². The maximum absolute atomic E-state index is 5.12. The molecule has 0 saturated carbocycles. The van der Waals surface area contributed by atoms with Crippen molar-refractivity contribution in [3.05, 3.63) is 182 Å². The molecule has 0 bridgehead atoms. The molecule has 7 aromatic carbocycles. The van der Waals surface area contributed by atoms with Crippen molar-refractivity contribution in [2.24, 2.45) is 0 Å². The molecule has 9 rings (SSSR count). The highest BCUT2D eigenvalue weighted by Gasteiger charge is 2.17. The van der Waals surface area contributed by atoms with E-state index >= 15 is 0 Å². The van der Waals surface area contributed by atoms with Gasteiger partial charge in [-0.25, -0.2) is 15.0 Å². The summed E-state index contributed by atoms with van der Waals surface area (Å²) in [7, 11) is 0. The molecule has 0 spiro atoms. The number of benzene rings is 7. The Hall–Kier alpha value is -6.78. The van der Waals surface area contributed by atoms with Crippen LogP contribution in [0.3, 0.4) is 0 Å². The van der Waals surface area contributed by atoms with E-state index in [0.29, 0.717) is 17.5 Å². The highest BCUT2D eigenvalue weighted by molar-refractivity contribution is 6.14. The molecule has 0 saturated heterocycles. The Labute approximate surface area is 303 Å². The fraction of sp³-hybridized carbons (Fsp3) is 0.0417. The molecule has 0 amide bonds. The lowest BCUT2D eigenvalue weighted by Gasteiger charge is -2.15. The number of rotatable bonds is 7. The van der Waals surface area contributed by atoms with Crippen LogP contribution in [0.4, 0.5) is 0 Å². The van der Waals surface area contributed by atoms with Crippen LogP contribution < -0.4 is 0 Å². The number of fused-ring (bicyclic) bond motifs is 3. The van der Waals surface area contributed by atoms with E-state index in [4.69, 9.17) is 19.9 Å². The molecular formula is C48H34N4. The van der Waals surface area contributed by atoms with E-state index in [0.717, 1.165) is 62.3 Å². The van der Waals surface area contributed by atoms with Gasteiger partial charge >= 0.3 is 0 Å². The summed E-state index contributed by atoms with van der Waals surface area (Å²) in [6, 6.07) is 61.6. The third kappa shape index (κ3) is 6.01. The Morgan fingerprint density at radius 1 is 0.346 bits per heavy atom. The van der Waals surface area contributed by atoms with Crippen LogP contribution in [-0.4, -0.2) is 19.9 Å². The van der Waals surface area contributed by atoms with Gasteiger partial charge in [-0.05, 0) is 86.6 Å². The van der Waals surface area contributed by atoms with Gasteiger partial charge in [0.1, 0.15) is 0 Å². The fourth-order valence-corrected chi connectivity index (χ4v) is 6.98. The molecule has 2 aromatic heterocycles. The monoisotopic (exact) mass is 666 g/mol. The van der Waals surface area contributed by atoms with Crippen molar-refractivity contribution in [2.75, 3.05) is 0 Å². The first-order valence-corrected chi connectivity index (χ1v) is 17.7. The number of pyridine rings is 1. The topological polar surface area (TPSA) is 51.6 Å². The molecule has 2 heterocycles. The minimum atomic E-state index is 0.623. The van der Waals surface area contributed by atoms with Gasteiger partial charge in [0.15, 0.2) is 17.5 Å². The lowest BCUT2D eigenvalue weighted by Crippen LogP contribution is -2.00. The Bertz CT molecular complexity index is 2650. The van der Waals surface area contributed by atoms with E-state index in [1.165, 1.54) is 21.5 Å². The Morgan fingerprint density at radius 3 is 1.56 bits per heavy atom. The van der Waals surface area contributed by atoms with Gasteiger partial charge in [-0.3, -0.25) is 4.98 Å². The van der Waals surface area contributed by atoms with E-state index < -0.39 is 0 Å². The van der Waals surface area contributed by atoms with Crippen LogP contribution in [0, 0.1) is 0 Å². The molecule has 4 nitrogen and oxygen atoms in total. The van der Waals surface area contributed by atoms with E-state index in [-0.39, 0.29) is 0 Å². The second kappa shape index (κ2) is 13.5. The summed E-state index contributed by atoms with van der Waals surface area (Å²) < 4.78 is 0. The number of hydrogen-bond acceptors (Lipinski definition) is 4. The molecule has 0 aliphatic heterocycles. The molecule has 0 atom stereocenters. The van der Waals surface area contributed by atoms with Crippen LogP contribution in [0.2, 0.25) is 0 Å². The predicted molar refractivity (Wildman–Crippen MR) is 215 cm³/mol. The summed E-state index contributed by atoms with van der Waals surface area (Å²) in [6.45, 7) is 2.14. The Morgan fingerprint density at radius 2 is 0.885 bits per heavy atom. The van der Waals surface area contributed by atoms with Crippen molar-refractivity contribution in [3.63, 3.8) is 0 Å². The number of hydrogen-bond donors (Lipinski definition) is 0. The van der Waals surface area contributed by atoms with Gasteiger partial charge in [-0.2, -0.15) is 0 Å². The summed E-state index contributed by atoms with van der Waals surface area (Å²) >= 11 is 0. The lowest BCUT2D eigenvalue weighted by molar-refractivity contribution is 1.04. The van der Waals surface area contributed by atoms with Gasteiger partial charge in [-0.1, -0.05) is 146 Å². The second-order valence-electron chi connectivity index (χ2n) is 13.0. The largest absolute Gasteiger partial charge is 0.253 e. The number of nitrogens with zero attached hydrogens (tertiary/aromatic N) is 4. The van der Waals surface area contributed by atoms with Gasteiger partial charge in [-0.15, -0.1) is 0 Å². The third-order valence-electron chi connectivity index (χ3n) is 9.65. The second-order valence-corrected chi connectivity index (χ2v) is 13.0. The molecule has 0 aliphatic carbocycles. The smallest absolute Gasteiger partial charge is 0.164 e. The molecule has 0 radical (unpaired) electrons. The number of aromatic nitrogens is 4. The molecule has 4 heteroatoms. The van der Waals surface area contributed by atoms with Crippen molar-refractivity contribution in [3.8, 4) is 67.7 Å². The summed E-state index contributed by atoms with van der Waals surface area (Å²) in [5.74, 6) is 1.90. The van der Waals surface area contributed by atoms with E-state index in [2.05, 4.69) is 122 Å². The maximum Gasteiger partial charge on any atom is 0.164 e. The van der Waals surface area contributed by atoms with E-state index in [1.807, 2.05) is 60.7 Å². The minimum Gasteiger partial charge on any atom is -0.253 e. The lowest BCUT2D eigenvalue weighted by atomic mass is 9.90. The van der Waals surface area contributed by atoms with Crippen LogP contribution >= 0.6 is 0 Å². The molecule has 52 heavy (non-hydrogen) atoms. The number of aryl methyl sites for hydroxylation is 1. The van der Waals surface area contributed by atoms with Gasteiger partial charge in [0, 0.05) is 27.9 Å². The first-order chi connectivity index (χ1) is 25.7. The summed E-state index contributed by atoms with van der Waals surface area (Å²) in [5, 5.41) is 4.87.